The van der Waals surface area contributed by atoms with Crippen molar-refractivity contribution in [2.75, 3.05) is 38.6 Å². The molecule has 1 aromatic rings. The third-order valence-corrected chi connectivity index (χ3v) is 4.06. The number of rotatable bonds is 7. The van der Waals surface area contributed by atoms with E-state index >= 15 is 0 Å². The smallest absolute Gasteiger partial charge is 0.238 e. The second-order valence-electron chi connectivity index (χ2n) is 5.73. The fourth-order valence-electron chi connectivity index (χ4n) is 2.91. The highest BCUT2D eigenvalue weighted by molar-refractivity contribution is 5.92. The number of amides is 1. The molecule has 0 aromatic heterocycles. The van der Waals surface area contributed by atoms with Gasteiger partial charge in [0.15, 0.2) is 0 Å². The molecule has 1 heterocycles. The molecule has 5 nitrogen and oxygen atoms in total. The summed E-state index contributed by atoms with van der Waals surface area (Å²) in [6.45, 7) is 5.69. The lowest BCUT2D eigenvalue weighted by Gasteiger charge is -2.34. The first kappa shape index (κ1) is 19.7. The van der Waals surface area contributed by atoms with Gasteiger partial charge in [-0.25, -0.2) is 0 Å². The van der Waals surface area contributed by atoms with E-state index in [9.17, 15) is 4.79 Å². The number of nitrogens with zero attached hydrogens (tertiary/aromatic N) is 1. The second-order valence-corrected chi connectivity index (χ2v) is 5.73. The molecule has 0 spiro atoms. The maximum atomic E-state index is 12.3. The van der Waals surface area contributed by atoms with Gasteiger partial charge in [0.2, 0.25) is 5.91 Å². The van der Waals surface area contributed by atoms with Gasteiger partial charge in [-0.3, -0.25) is 9.69 Å². The van der Waals surface area contributed by atoms with Crippen LogP contribution in [0.1, 0.15) is 26.2 Å². The summed E-state index contributed by atoms with van der Waals surface area (Å²) in [7, 11) is 1.63. The molecular weight excluding hydrogens is 314 g/mol. The molecule has 0 unspecified atom stereocenters. The lowest BCUT2D eigenvalue weighted by atomic mass is 10.0. The second kappa shape index (κ2) is 10.5. The third-order valence-electron chi connectivity index (χ3n) is 4.06. The summed E-state index contributed by atoms with van der Waals surface area (Å²) in [5.74, 6) is 0.845. The van der Waals surface area contributed by atoms with Crippen LogP contribution in [-0.4, -0.2) is 50.1 Å². The van der Waals surface area contributed by atoms with E-state index in [0.717, 1.165) is 50.3 Å². The molecule has 1 aliphatic heterocycles. The highest BCUT2D eigenvalue weighted by Gasteiger charge is 2.22. The SMILES string of the molecule is CCCN(CC(=O)Nc1ccc(OC)cc1)C1CCNCC1.Cl. The van der Waals surface area contributed by atoms with Gasteiger partial charge in [-0.1, -0.05) is 6.92 Å². The topological polar surface area (TPSA) is 53.6 Å². The van der Waals surface area contributed by atoms with Crippen LogP contribution in [-0.2, 0) is 4.79 Å². The van der Waals surface area contributed by atoms with E-state index in [-0.39, 0.29) is 18.3 Å². The van der Waals surface area contributed by atoms with E-state index in [0.29, 0.717) is 12.6 Å². The van der Waals surface area contributed by atoms with Gasteiger partial charge in [-0.15, -0.1) is 12.4 Å². The Balaban J connectivity index is 0.00000264. The van der Waals surface area contributed by atoms with Crippen molar-refractivity contribution in [1.29, 1.82) is 0 Å². The van der Waals surface area contributed by atoms with E-state index in [1.807, 2.05) is 24.3 Å². The number of carbonyl (C=O) groups excluding carboxylic acids is 1. The average Bonchev–Trinajstić information content (AvgIpc) is 2.56. The zero-order valence-corrected chi connectivity index (χ0v) is 14.8. The molecule has 0 radical (unpaired) electrons. The van der Waals surface area contributed by atoms with Crippen LogP contribution in [0.3, 0.4) is 0 Å². The van der Waals surface area contributed by atoms with Crippen LogP contribution < -0.4 is 15.4 Å². The van der Waals surface area contributed by atoms with E-state index in [4.69, 9.17) is 4.74 Å². The van der Waals surface area contributed by atoms with Gasteiger partial charge in [-0.2, -0.15) is 0 Å². The molecule has 0 bridgehead atoms. The van der Waals surface area contributed by atoms with E-state index in [2.05, 4.69) is 22.5 Å². The van der Waals surface area contributed by atoms with Gasteiger partial charge in [0, 0.05) is 11.7 Å². The van der Waals surface area contributed by atoms with Crippen LogP contribution in [0.25, 0.3) is 0 Å². The van der Waals surface area contributed by atoms with E-state index < -0.39 is 0 Å². The van der Waals surface area contributed by atoms with Crippen LogP contribution in [0.2, 0.25) is 0 Å². The van der Waals surface area contributed by atoms with Crippen LogP contribution in [0.4, 0.5) is 5.69 Å². The number of anilines is 1. The van der Waals surface area contributed by atoms with E-state index in [1.54, 1.807) is 7.11 Å². The molecule has 2 rings (SSSR count). The Kier molecular flexibility index (Phi) is 8.99. The van der Waals surface area contributed by atoms with Crippen LogP contribution in [0, 0.1) is 0 Å². The quantitative estimate of drug-likeness (QED) is 0.800. The first-order valence-electron chi connectivity index (χ1n) is 8.11. The van der Waals surface area contributed by atoms with Crippen LogP contribution >= 0.6 is 12.4 Å². The van der Waals surface area contributed by atoms with Crippen molar-refractivity contribution in [1.82, 2.24) is 10.2 Å². The minimum Gasteiger partial charge on any atom is -0.497 e. The Labute approximate surface area is 145 Å². The summed E-state index contributed by atoms with van der Waals surface area (Å²) >= 11 is 0. The van der Waals surface area contributed by atoms with Crippen LogP contribution in [0.5, 0.6) is 5.75 Å². The minimum atomic E-state index is 0. The van der Waals surface area contributed by atoms with Gasteiger partial charge < -0.3 is 15.4 Å². The number of hydrogen-bond donors (Lipinski definition) is 2. The standard InChI is InChI=1S/C17H27N3O2.ClH/c1-3-12-20(15-8-10-18-11-9-15)13-17(21)19-14-4-6-16(22-2)7-5-14;/h4-7,15,18H,3,8-13H2,1-2H3,(H,19,21);1H. The van der Waals surface area contributed by atoms with Crippen molar-refractivity contribution in [2.24, 2.45) is 0 Å². The van der Waals surface area contributed by atoms with E-state index in [1.165, 1.54) is 0 Å². The number of hydrogen-bond acceptors (Lipinski definition) is 4. The number of piperidine rings is 1. The summed E-state index contributed by atoms with van der Waals surface area (Å²) < 4.78 is 5.12. The molecule has 6 heteroatoms. The molecule has 1 aromatic carbocycles. The molecular formula is C17H28ClN3O2. The highest BCUT2D eigenvalue weighted by Crippen LogP contribution is 2.16. The molecule has 2 N–H and O–H groups in total. The van der Waals surface area contributed by atoms with Crippen molar-refractivity contribution in [3.8, 4) is 5.75 Å². The zero-order valence-electron chi connectivity index (χ0n) is 14.0. The first-order chi connectivity index (χ1) is 10.7. The van der Waals surface area contributed by atoms with Crippen molar-refractivity contribution < 1.29 is 9.53 Å². The molecule has 0 saturated carbocycles. The van der Waals surface area contributed by atoms with Gasteiger partial charge in [0.1, 0.15) is 5.75 Å². The Morgan fingerprint density at radius 2 is 1.96 bits per heavy atom. The first-order valence-corrected chi connectivity index (χ1v) is 8.11. The summed E-state index contributed by atoms with van der Waals surface area (Å²) in [4.78, 5) is 14.6. The number of ether oxygens (including phenoxy) is 1. The maximum Gasteiger partial charge on any atom is 0.238 e. The number of methoxy groups -OCH3 is 1. The number of halogens is 1. The van der Waals surface area contributed by atoms with Crippen molar-refractivity contribution in [3.63, 3.8) is 0 Å². The lowest BCUT2D eigenvalue weighted by molar-refractivity contribution is -0.118. The normalized spacial score (nSPS) is 15.1. The lowest BCUT2D eigenvalue weighted by Crippen LogP contribution is -2.46. The van der Waals surface area contributed by atoms with Gasteiger partial charge in [0.05, 0.1) is 13.7 Å². The fourth-order valence-corrected chi connectivity index (χ4v) is 2.91. The summed E-state index contributed by atoms with van der Waals surface area (Å²) in [5.41, 5.74) is 0.813. The van der Waals surface area contributed by atoms with Gasteiger partial charge in [0.25, 0.3) is 0 Å². The van der Waals surface area contributed by atoms with Crippen molar-refractivity contribution >= 4 is 24.0 Å². The molecule has 0 aliphatic carbocycles. The largest absolute Gasteiger partial charge is 0.497 e. The molecule has 1 fully saturated rings. The monoisotopic (exact) mass is 341 g/mol. The van der Waals surface area contributed by atoms with Crippen LogP contribution in [0.15, 0.2) is 24.3 Å². The summed E-state index contributed by atoms with van der Waals surface area (Å²) in [5, 5.41) is 6.35. The number of benzene rings is 1. The minimum absolute atomic E-state index is 0. The molecule has 1 aliphatic rings. The highest BCUT2D eigenvalue weighted by atomic mass is 35.5. The zero-order chi connectivity index (χ0) is 15.8. The van der Waals surface area contributed by atoms with Crippen molar-refractivity contribution in [3.05, 3.63) is 24.3 Å². The predicted molar refractivity (Wildman–Crippen MR) is 96.6 cm³/mol. The van der Waals surface area contributed by atoms with Gasteiger partial charge in [-0.05, 0) is 63.2 Å². The molecule has 1 saturated heterocycles. The van der Waals surface area contributed by atoms with Gasteiger partial charge >= 0.3 is 0 Å². The molecule has 1 amide bonds. The maximum absolute atomic E-state index is 12.3. The average molecular weight is 342 g/mol. The number of nitrogens with one attached hydrogen (secondary N) is 2. The summed E-state index contributed by atoms with van der Waals surface area (Å²) in [6, 6.07) is 7.96. The Morgan fingerprint density at radius 1 is 1.30 bits per heavy atom. The summed E-state index contributed by atoms with van der Waals surface area (Å²) in [6.07, 6.45) is 3.31. The van der Waals surface area contributed by atoms with Crippen molar-refractivity contribution in [2.45, 2.75) is 32.2 Å². The molecule has 130 valence electrons. The fraction of sp³-hybridized carbons (Fsp3) is 0.588. The predicted octanol–water partition coefficient (Wildman–Crippen LogP) is 2.52. The molecule has 23 heavy (non-hydrogen) atoms. The number of carbonyl (C=O) groups is 1. The molecule has 0 atom stereocenters. The Hall–Kier alpha value is -1.30. The Bertz CT molecular complexity index is 461. The third kappa shape index (κ3) is 6.37. The Morgan fingerprint density at radius 3 is 2.52 bits per heavy atom.